The van der Waals surface area contributed by atoms with Gasteiger partial charge in [0.15, 0.2) is 9.84 Å². The zero-order chi connectivity index (χ0) is 31.5. The molecule has 1 saturated heterocycles. The third-order valence-corrected chi connectivity index (χ3v) is 8.62. The van der Waals surface area contributed by atoms with Crippen LogP contribution in [0.5, 0.6) is 5.75 Å². The van der Waals surface area contributed by atoms with Gasteiger partial charge in [0.05, 0.1) is 23.2 Å². The molecule has 1 heterocycles. The van der Waals surface area contributed by atoms with Gasteiger partial charge in [-0.2, -0.15) is 0 Å². The van der Waals surface area contributed by atoms with Crippen LogP contribution in [0.15, 0.2) is 59.5 Å². The molecule has 236 valence electrons. The number of aliphatic hydroxyl groups excluding tert-OH is 1. The van der Waals surface area contributed by atoms with E-state index in [1.165, 1.54) is 29.8 Å². The fourth-order valence-corrected chi connectivity index (χ4v) is 5.94. The van der Waals surface area contributed by atoms with Crippen molar-refractivity contribution in [3.8, 4) is 5.75 Å². The molecule has 0 aliphatic carbocycles. The predicted octanol–water partition coefficient (Wildman–Crippen LogP) is 2.71. The Morgan fingerprint density at radius 2 is 1.65 bits per heavy atom. The quantitative estimate of drug-likeness (QED) is 0.228. The summed E-state index contributed by atoms with van der Waals surface area (Å²) in [4.78, 5) is 37.8. The minimum Gasteiger partial charge on any atom is -0.444 e. The number of carbonyl (C=O) groups is 3. The van der Waals surface area contributed by atoms with Gasteiger partial charge in [-0.1, -0.05) is 30.3 Å². The average Bonchev–Trinajstić information content (AvgIpc) is 2.93. The van der Waals surface area contributed by atoms with Crippen molar-refractivity contribution in [1.29, 1.82) is 0 Å². The van der Waals surface area contributed by atoms with Crippen molar-refractivity contribution in [3.63, 3.8) is 0 Å². The van der Waals surface area contributed by atoms with Crippen LogP contribution in [0.4, 0.5) is 4.79 Å². The molecule has 1 aliphatic rings. The standard InChI is InChI=1S/C31H43N3O8S/c1-31(2,3)42-30(38)33-16-13-28(36)32-17-14-29(37)41-25-9-11-26(12-10-25)43(39,40)20-19-34-18-15-24(27(35)22-34)21-23-7-5-4-6-8-23/h4-12,24,27,35H,13-22H2,1-3H3,(H,32,36)(H,33,38)/t24-,27-/m1/s1. The van der Waals surface area contributed by atoms with Crippen molar-refractivity contribution in [2.75, 3.05) is 38.5 Å². The molecule has 2 aromatic rings. The minimum atomic E-state index is -3.58. The summed E-state index contributed by atoms with van der Waals surface area (Å²) in [5.74, 6) is -0.674. The Morgan fingerprint density at radius 3 is 2.30 bits per heavy atom. The second kappa shape index (κ2) is 15.8. The molecule has 0 spiro atoms. The molecule has 2 atom stereocenters. The number of aliphatic hydroxyl groups is 1. The lowest BCUT2D eigenvalue weighted by Crippen LogP contribution is -2.46. The van der Waals surface area contributed by atoms with Crippen molar-refractivity contribution < 1.29 is 37.4 Å². The molecule has 2 amide bonds. The average molecular weight is 618 g/mol. The second-order valence-electron chi connectivity index (χ2n) is 11.6. The lowest BCUT2D eigenvalue weighted by molar-refractivity contribution is -0.134. The Labute approximate surface area is 253 Å². The Morgan fingerprint density at radius 1 is 0.977 bits per heavy atom. The zero-order valence-electron chi connectivity index (χ0n) is 25.1. The van der Waals surface area contributed by atoms with E-state index in [4.69, 9.17) is 9.47 Å². The summed E-state index contributed by atoms with van der Waals surface area (Å²) in [6.07, 6.45) is 0.411. The Bertz CT molecular complexity index is 1310. The molecule has 3 rings (SSSR count). The van der Waals surface area contributed by atoms with Gasteiger partial charge in [-0.3, -0.25) is 14.5 Å². The summed E-state index contributed by atoms with van der Waals surface area (Å²) in [5.41, 5.74) is 0.554. The monoisotopic (exact) mass is 617 g/mol. The van der Waals surface area contributed by atoms with Crippen molar-refractivity contribution in [2.24, 2.45) is 5.92 Å². The maximum Gasteiger partial charge on any atom is 0.407 e. The first-order valence-electron chi connectivity index (χ1n) is 14.5. The molecule has 1 fully saturated rings. The molecular weight excluding hydrogens is 574 g/mol. The van der Waals surface area contributed by atoms with Crippen molar-refractivity contribution in [3.05, 3.63) is 60.2 Å². The number of rotatable bonds is 13. The number of hydrogen-bond donors (Lipinski definition) is 3. The first kappa shape index (κ1) is 34.0. The van der Waals surface area contributed by atoms with Crippen LogP contribution in [-0.4, -0.2) is 86.6 Å². The zero-order valence-corrected chi connectivity index (χ0v) is 25.9. The van der Waals surface area contributed by atoms with E-state index < -0.39 is 33.6 Å². The molecule has 0 saturated carbocycles. The van der Waals surface area contributed by atoms with E-state index in [-0.39, 0.29) is 54.2 Å². The van der Waals surface area contributed by atoms with Crippen LogP contribution in [0.2, 0.25) is 0 Å². The number of amides is 2. The number of carbonyl (C=O) groups excluding carboxylic acids is 3. The molecule has 2 aromatic carbocycles. The van der Waals surface area contributed by atoms with E-state index >= 15 is 0 Å². The summed E-state index contributed by atoms with van der Waals surface area (Å²) in [5, 5.41) is 15.7. The lowest BCUT2D eigenvalue weighted by atomic mass is 9.88. The summed E-state index contributed by atoms with van der Waals surface area (Å²) >= 11 is 0. The van der Waals surface area contributed by atoms with Crippen LogP contribution < -0.4 is 15.4 Å². The fraction of sp³-hybridized carbons (Fsp3) is 0.516. The molecule has 1 aliphatic heterocycles. The fourth-order valence-electron chi connectivity index (χ4n) is 4.65. The summed E-state index contributed by atoms with van der Waals surface area (Å²) in [6, 6.07) is 15.7. The molecule has 0 bridgehead atoms. The number of esters is 1. The molecule has 3 N–H and O–H groups in total. The van der Waals surface area contributed by atoms with E-state index in [1.807, 2.05) is 23.1 Å². The topological polar surface area (TPSA) is 151 Å². The van der Waals surface area contributed by atoms with E-state index in [1.54, 1.807) is 20.8 Å². The number of alkyl carbamates (subject to hydrolysis) is 1. The van der Waals surface area contributed by atoms with Crippen molar-refractivity contribution in [2.45, 2.75) is 63.1 Å². The van der Waals surface area contributed by atoms with Gasteiger partial charge in [0.25, 0.3) is 0 Å². The van der Waals surface area contributed by atoms with Gasteiger partial charge in [-0.05, 0) is 75.9 Å². The molecular formula is C31H43N3O8S. The highest BCUT2D eigenvalue weighted by atomic mass is 32.2. The first-order chi connectivity index (χ1) is 20.3. The number of β-amino-alcohol motifs (C(OH)–C–C–N with tert-alkyl or cyclic N) is 1. The maximum absolute atomic E-state index is 12.9. The largest absolute Gasteiger partial charge is 0.444 e. The number of likely N-dealkylation sites (tertiary alicyclic amines) is 1. The van der Waals surface area contributed by atoms with Gasteiger partial charge in [0.2, 0.25) is 5.91 Å². The normalized spacial score (nSPS) is 17.6. The maximum atomic E-state index is 12.9. The van der Waals surface area contributed by atoms with Crippen molar-refractivity contribution >= 4 is 27.8 Å². The third kappa shape index (κ3) is 12.3. The number of nitrogens with zero attached hydrogens (tertiary/aromatic N) is 1. The van der Waals surface area contributed by atoms with E-state index in [2.05, 4.69) is 22.8 Å². The van der Waals surface area contributed by atoms with Gasteiger partial charge in [0.1, 0.15) is 11.4 Å². The molecule has 43 heavy (non-hydrogen) atoms. The summed E-state index contributed by atoms with van der Waals surface area (Å²) in [7, 11) is -3.58. The van der Waals surface area contributed by atoms with Crippen LogP contribution >= 0.6 is 0 Å². The van der Waals surface area contributed by atoms with Gasteiger partial charge < -0.3 is 25.2 Å². The highest BCUT2D eigenvalue weighted by Crippen LogP contribution is 2.23. The van der Waals surface area contributed by atoms with Gasteiger partial charge in [-0.15, -0.1) is 0 Å². The van der Waals surface area contributed by atoms with Crippen LogP contribution in [0.1, 0.15) is 45.6 Å². The van der Waals surface area contributed by atoms with Gasteiger partial charge in [0, 0.05) is 32.6 Å². The number of benzene rings is 2. The van der Waals surface area contributed by atoms with Crippen molar-refractivity contribution in [1.82, 2.24) is 15.5 Å². The Balaban J connectivity index is 1.34. The highest BCUT2D eigenvalue weighted by Gasteiger charge is 2.28. The molecule has 0 unspecified atom stereocenters. The molecule has 0 aromatic heterocycles. The Kier molecular flexibility index (Phi) is 12.5. The Hall–Kier alpha value is -3.48. The second-order valence-corrected chi connectivity index (χ2v) is 13.8. The van der Waals surface area contributed by atoms with Crippen LogP contribution in [-0.2, 0) is 30.6 Å². The number of sulfone groups is 1. The van der Waals surface area contributed by atoms with Crippen LogP contribution in [0, 0.1) is 5.92 Å². The predicted molar refractivity (Wildman–Crippen MR) is 161 cm³/mol. The third-order valence-electron chi connectivity index (χ3n) is 6.91. The summed E-state index contributed by atoms with van der Waals surface area (Å²) in [6.45, 7) is 6.83. The van der Waals surface area contributed by atoms with E-state index in [0.29, 0.717) is 13.1 Å². The minimum absolute atomic E-state index is 0.0251. The number of hydrogen-bond acceptors (Lipinski definition) is 9. The number of nitrogens with one attached hydrogen (secondary N) is 2. The van der Waals surface area contributed by atoms with Gasteiger partial charge in [-0.25, -0.2) is 13.2 Å². The smallest absolute Gasteiger partial charge is 0.407 e. The highest BCUT2D eigenvalue weighted by molar-refractivity contribution is 7.91. The first-order valence-corrected chi connectivity index (χ1v) is 16.2. The lowest BCUT2D eigenvalue weighted by Gasteiger charge is -2.36. The molecule has 11 nitrogen and oxygen atoms in total. The number of piperidine rings is 1. The summed E-state index contributed by atoms with van der Waals surface area (Å²) < 4.78 is 36.1. The number of ether oxygens (including phenoxy) is 2. The van der Waals surface area contributed by atoms with Crippen LogP contribution in [0.3, 0.4) is 0 Å². The molecule has 0 radical (unpaired) electrons. The van der Waals surface area contributed by atoms with Gasteiger partial charge >= 0.3 is 12.1 Å². The van der Waals surface area contributed by atoms with E-state index in [9.17, 15) is 27.9 Å². The SMILES string of the molecule is CC(C)(C)OC(=O)NCCC(=O)NCCC(=O)Oc1ccc(S(=O)(=O)CCN2CC[C@H](Cc3ccccc3)[C@H](O)C2)cc1. The molecule has 12 heteroatoms. The van der Waals surface area contributed by atoms with Crippen LogP contribution in [0.25, 0.3) is 0 Å². The van der Waals surface area contributed by atoms with E-state index in [0.717, 1.165) is 19.4 Å².